The van der Waals surface area contributed by atoms with Gasteiger partial charge in [-0.3, -0.25) is 4.79 Å². The normalized spacial score (nSPS) is 19.8. The molecule has 1 aliphatic heterocycles. The van der Waals surface area contributed by atoms with E-state index in [4.69, 9.17) is 9.47 Å². The van der Waals surface area contributed by atoms with Gasteiger partial charge >= 0.3 is 11.9 Å². The van der Waals surface area contributed by atoms with Crippen molar-refractivity contribution in [3.63, 3.8) is 0 Å². The van der Waals surface area contributed by atoms with E-state index in [2.05, 4.69) is 12.2 Å². The molecule has 1 N–H and O–H groups in total. The fraction of sp³-hybridized carbons (Fsp3) is 0.458. The first-order valence-corrected chi connectivity index (χ1v) is 11.7. The summed E-state index contributed by atoms with van der Waals surface area (Å²) >= 11 is 1.44. The van der Waals surface area contributed by atoms with Crippen LogP contribution in [0.4, 0.5) is 5.00 Å². The lowest BCUT2D eigenvalue weighted by Gasteiger charge is -2.24. The second-order valence-electron chi connectivity index (χ2n) is 8.19. The van der Waals surface area contributed by atoms with Gasteiger partial charge in [0.05, 0.1) is 17.7 Å². The Morgan fingerprint density at radius 3 is 2.81 bits per heavy atom. The third-order valence-electron chi connectivity index (χ3n) is 6.09. The van der Waals surface area contributed by atoms with E-state index < -0.39 is 23.9 Å². The van der Waals surface area contributed by atoms with Gasteiger partial charge in [0.25, 0.3) is 5.91 Å². The molecular weight excluding hydrogens is 414 g/mol. The molecule has 2 aromatic rings. The predicted octanol–water partition coefficient (Wildman–Crippen LogP) is 4.47. The van der Waals surface area contributed by atoms with Crippen LogP contribution in [-0.4, -0.2) is 30.6 Å². The summed E-state index contributed by atoms with van der Waals surface area (Å²) in [5, 5.41) is 3.37. The monoisotopic (exact) mass is 441 g/mol. The highest BCUT2D eigenvalue weighted by Crippen LogP contribution is 2.41. The number of thiophene rings is 1. The molecule has 2 unspecified atom stereocenters. The number of anilines is 1. The third kappa shape index (κ3) is 4.24. The number of carbonyl (C=O) groups excluding carboxylic acids is 3. The maximum absolute atomic E-state index is 13.0. The number of esters is 2. The molecule has 1 aromatic carbocycles. The lowest BCUT2D eigenvalue weighted by molar-refractivity contribution is -0.125. The number of fused-ring (bicyclic) bond motifs is 2. The van der Waals surface area contributed by atoms with Crippen LogP contribution in [-0.2, 0) is 33.5 Å². The first-order chi connectivity index (χ1) is 14.9. The molecule has 0 spiro atoms. The quantitative estimate of drug-likeness (QED) is 0.693. The van der Waals surface area contributed by atoms with Crippen LogP contribution in [0.2, 0.25) is 0 Å². The molecular formula is C24H27NO5S. The summed E-state index contributed by atoms with van der Waals surface area (Å²) in [7, 11) is 0. The van der Waals surface area contributed by atoms with Gasteiger partial charge < -0.3 is 14.8 Å². The van der Waals surface area contributed by atoms with Gasteiger partial charge in [0.1, 0.15) is 5.00 Å². The molecule has 7 heteroatoms. The molecule has 1 aliphatic carbocycles. The standard InChI is InChI=1S/C24H27NO5S/c1-4-14-7-9-16-19(11-14)31-22(20(16)24(28)29-5-2)25-21(26)18-12-15-8-6-13(3)10-17(15)23(27)30-18/h6,8,10,14,18H,4-5,7,9,11-12H2,1-3H3,(H,25,26). The number of ether oxygens (including phenoxy) is 2. The van der Waals surface area contributed by atoms with E-state index in [-0.39, 0.29) is 6.61 Å². The molecule has 0 bridgehead atoms. The van der Waals surface area contributed by atoms with Crippen molar-refractivity contribution in [1.29, 1.82) is 0 Å². The van der Waals surface area contributed by atoms with Crippen molar-refractivity contribution in [3.05, 3.63) is 50.9 Å². The van der Waals surface area contributed by atoms with Gasteiger partial charge in [-0.25, -0.2) is 9.59 Å². The fourth-order valence-electron chi connectivity index (χ4n) is 4.34. The van der Waals surface area contributed by atoms with Gasteiger partial charge in [-0.2, -0.15) is 0 Å². The van der Waals surface area contributed by atoms with Crippen molar-refractivity contribution in [1.82, 2.24) is 0 Å². The number of amides is 1. The third-order valence-corrected chi connectivity index (χ3v) is 7.26. The van der Waals surface area contributed by atoms with Crippen molar-refractivity contribution in [2.24, 2.45) is 5.92 Å². The molecule has 164 valence electrons. The molecule has 6 nitrogen and oxygen atoms in total. The zero-order valence-corrected chi connectivity index (χ0v) is 18.9. The van der Waals surface area contributed by atoms with Crippen LogP contribution in [0.3, 0.4) is 0 Å². The molecule has 1 aromatic heterocycles. The van der Waals surface area contributed by atoms with Crippen LogP contribution in [0.1, 0.15) is 69.0 Å². The molecule has 0 radical (unpaired) electrons. The molecule has 0 saturated heterocycles. The first-order valence-electron chi connectivity index (χ1n) is 10.8. The number of hydrogen-bond acceptors (Lipinski definition) is 6. The molecule has 2 atom stereocenters. The first kappa shape index (κ1) is 21.6. The summed E-state index contributed by atoms with van der Waals surface area (Å²) in [5.74, 6) is -0.738. The average Bonchev–Trinajstić information content (AvgIpc) is 3.11. The fourth-order valence-corrected chi connectivity index (χ4v) is 5.69. The SMILES string of the molecule is CCOC(=O)c1c(NC(=O)C2Cc3ccc(C)cc3C(=O)O2)sc2c1CCC(CC)C2. The van der Waals surface area contributed by atoms with E-state index >= 15 is 0 Å². The summed E-state index contributed by atoms with van der Waals surface area (Å²) < 4.78 is 10.7. The van der Waals surface area contributed by atoms with Crippen LogP contribution in [0, 0.1) is 12.8 Å². The maximum atomic E-state index is 13.0. The van der Waals surface area contributed by atoms with Crippen LogP contribution >= 0.6 is 11.3 Å². The van der Waals surface area contributed by atoms with E-state index in [0.29, 0.717) is 28.5 Å². The van der Waals surface area contributed by atoms with Crippen molar-refractivity contribution in [2.75, 3.05) is 11.9 Å². The van der Waals surface area contributed by atoms with Crippen molar-refractivity contribution >= 4 is 34.2 Å². The molecule has 0 saturated carbocycles. The highest BCUT2D eigenvalue weighted by molar-refractivity contribution is 7.17. The number of aryl methyl sites for hydroxylation is 1. The molecule has 31 heavy (non-hydrogen) atoms. The Balaban J connectivity index is 1.59. The minimum atomic E-state index is -0.930. The Labute approximate surface area is 185 Å². The number of hydrogen-bond donors (Lipinski definition) is 1. The Morgan fingerprint density at radius 1 is 1.26 bits per heavy atom. The summed E-state index contributed by atoms with van der Waals surface area (Å²) in [5.41, 5.74) is 3.72. The van der Waals surface area contributed by atoms with Gasteiger partial charge in [0.2, 0.25) is 0 Å². The van der Waals surface area contributed by atoms with Crippen LogP contribution in [0.5, 0.6) is 0 Å². The zero-order chi connectivity index (χ0) is 22.1. The number of carbonyl (C=O) groups is 3. The summed E-state index contributed by atoms with van der Waals surface area (Å²) in [6.07, 6.45) is 3.20. The van der Waals surface area contributed by atoms with Gasteiger partial charge in [0.15, 0.2) is 6.10 Å². The second-order valence-corrected chi connectivity index (χ2v) is 9.30. The maximum Gasteiger partial charge on any atom is 0.341 e. The Bertz CT molecular complexity index is 1040. The topological polar surface area (TPSA) is 81.7 Å². The zero-order valence-electron chi connectivity index (χ0n) is 18.1. The molecule has 2 aliphatic rings. The van der Waals surface area contributed by atoms with E-state index in [1.165, 1.54) is 11.3 Å². The number of cyclic esters (lactones) is 1. The average molecular weight is 442 g/mol. The van der Waals surface area contributed by atoms with Crippen molar-refractivity contribution in [2.45, 2.75) is 59.0 Å². The van der Waals surface area contributed by atoms with E-state index in [9.17, 15) is 14.4 Å². The largest absolute Gasteiger partial charge is 0.462 e. The van der Waals surface area contributed by atoms with Crippen LogP contribution < -0.4 is 5.32 Å². The van der Waals surface area contributed by atoms with Gasteiger partial charge in [-0.1, -0.05) is 31.0 Å². The lowest BCUT2D eigenvalue weighted by atomic mass is 9.85. The second kappa shape index (κ2) is 8.83. The van der Waals surface area contributed by atoms with Crippen LogP contribution in [0.15, 0.2) is 18.2 Å². The minimum absolute atomic E-state index is 0.269. The summed E-state index contributed by atoms with van der Waals surface area (Å²) in [6, 6.07) is 5.56. The lowest BCUT2D eigenvalue weighted by Crippen LogP contribution is -2.38. The van der Waals surface area contributed by atoms with Crippen molar-refractivity contribution in [3.8, 4) is 0 Å². The molecule has 4 rings (SSSR count). The van der Waals surface area contributed by atoms with Gasteiger partial charge in [-0.15, -0.1) is 11.3 Å². The van der Waals surface area contributed by atoms with Crippen molar-refractivity contribution < 1.29 is 23.9 Å². The van der Waals surface area contributed by atoms with Crippen LogP contribution in [0.25, 0.3) is 0 Å². The highest BCUT2D eigenvalue weighted by Gasteiger charge is 2.34. The van der Waals surface area contributed by atoms with E-state index in [1.807, 2.05) is 19.1 Å². The number of rotatable bonds is 5. The smallest absolute Gasteiger partial charge is 0.341 e. The number of benzene rings is 1. The minimum Gasteiger partial charge on any atom is -0.462 e. The van der Waals surface area contributed by atoms with E-state index in [0.717, 1.165) is 47.3 Å². The summed E-state index contributed by atoms with van der Waals surface area (Å²) in [6.45, 7) is 6.12. The Hall–Kier alpha value is -2.67. The molecule has 2 heterocycles. The Kier molecular flexibility index (Phi) is 6.14. The molecule has 1 amide bonds. The highest BCUT2D eigenvalue weighted by atomic mass is 32.1. The van der Waals surface area contributed by atoms with Gasteiger partial charge in [0, 0.05) is 11.3 Å². The van der Waals surface area contributed by atoms with Gasteiger partial charge in [-0.05, 0) is 56.2 Å². The number of nitrogens with one attached hydrogen (secondary N) is 1. The molecule has 0 fully saturated rings. The Morgan fingerprint density at radius 2 is 2.06 bits per heavy atom. The summed E-state index contributed by atoms with van der Waals surface area (Å²) in [4.78, 5) is 39.3. The predicted molar refractivity (Wildman–Crippen MR) is 119 cm³/mol. The van der Waals surface area contributed by atoms with E-state index in [1.54, 1.807) is 13.0 Å².